The lowest BCUT2D eigenvalue weighted by molar-refractivity contribution is -0.128. The van der Waals surface area contributed by atoms with Gasteiger partial charge in [0, 0.05) is 16.9 Å². The van der Waals surface area contributed by atoms with E-state index < -0.39 is 21.3 Å². The molecule has 0 radical (unpaired) electrons. The summed E-state index contributed by atoms with van der Waals surface area (Å²) in [5.74, 6) is -0.101. The van der Waals surface area contributed by atoms with E-state index in [1.54, 1.807) is 0 Å². The SMILES string of the molecule is CC1(C)C2CC[C@]1(CS(=O)(=O)O)C(=O)C2.NC1Cc2ccc(Br)cc2C1. The molecule has 2 bridgehead atoms. The molecule has 2 unspecified atom stereocenters. The minimum atomic E-state index is -4.08. The van der Waals surface area contributed by atoms with Crippen molar-refractivity contribution in [2.24, 2.45) is 22.5 Å². The van der Waals surface area contributed by atoms with Crippen LogP contribution in [0.15, 0.2) is 22.7 Å². The second kappa shape index (κ2) is 6.69. The number of benzene rings is 1. The molecule has 0 spiro atoms. The molecule has 5 nitrogen and oxygen atoms in total. The molecule has 3 aliphatic carbocycles. The third-order valence-electron chi connectivity index (χ3n) is 6.70. The lowest BCUT2D eigenvalue weighted by atomic mass is 9.70. The van der Waals surface area contributed by atoms with Crippen molar-refractivity contribution in [1.29, 1.82) is 0 Å². The summed E-state index contributed by atoms with van der Waals surface area (Å²) in [4.78, 5) is 11.9. The maximum absolute atomic E-state index is 11.9. The van der Waals surface area contributed by atoms with Gasteiger partial charge in [0.1, 0.15) is 5.78 Å². The first-order valence-corrected chi connectivity index (χ1v) is 11.4. The van der Waals surface area contributed by atoms with Gasteiger partial charge in [-0.05, 0) is 60.3 Å². The summed E-state index contributed by atoms with van der Waals surface area (Å²) in [6.07, 6.45) is 4.05. The molecule has 3 atom stereocenters. The molecule has 2 saturated carbocycles. The van der Waals surface area contributed by atoms with Crippen molar-refractivity contribution in [3.63, 3.8) is 0 Å². The molecule has 0 saturated heterocycles. The summed E-state index contributed by atoms with van der Waals surface area (Å²) in [5.41, 5.74) is 7.53. The Bertz CT molecular complexity index is 836. The van der Waals surface area contributed by atoms with Crippen molar-refractivity contribution in [3.05, 3.63) is 33.8 Å². The number of Topliss-reactive ketones (excluding diaryl/α,β-unsaturated/α-hetero) is 1. The van der Waals surface area contributed by atoms with Crippen LogP contribution in [0.5, 0.6) is 0 Å². The Kier molecular flexibility index (Phi) is 5.14. The zero-order valence-corrected chi connectivity index (χ0v) is 17.6. The minimum Gasteiger partial charge on any atom is -0.327 e. The highest BCUT2D eigenvalue weighted by Crippen LogP contribution is 2.64. The second-order valence-electron chi connectivity index (χ2n) is 8.47. The van der Waals surface area contributed by atoms with Gasteiger partial charge in [-0.25, -0.2) is 0 Å². The molecule has 26 heavy (non-hydrogen) atoms. The maximum Gasteiger partial charge on any atom is 0.265 e. The van der Waals surface area contributed by atoms with Crippen LogP contribution < -0.4 is 5.73 Å². The van der Waals surface area contributed by atoms with Gasteiger partial charge < -0.3 is 5.73 Å². The number of carbonyl (C=O) groups is 1. The van der Waals surface area contributed by atoms with Crippen LogP contribution in [0.2, 0.25) is 0 Å². The minimum absolute atomic E-state index is 0.0152. The number of halogens is 1. The number of nitrogens with two attached hydrogens (primary N) is 1. The van der Waals surface area contributed by atoms with E-state index in [4.69, 9.17) is 10.3 Å². The standard InChI is InChI=1S/C10H16O4S.C9H10BrN/c1-9(2)7-3-4-10(9,8(11)5-7)6-15(12,13)14;10-8-2-1-6-4-9(11)5-7(6)3-8/h7H,3-6H2,1-2H3,(H,12,13,14);1-3,9H,4-5,11H2/t7?,10-;/m0./s1. The summed E-state index contributed by atoms with van der Waals surface area (Å²) in [6.45, 7) is 3.89. The van der Waals surface area contributed by atoms with E-state index in [0.29, 0.717) is 18.9 Å². The number of rotatable bonds is 2. The summed E-state index contributed by atoms with van der Waals surface area (Å²) in [5, 5.41) is 0. The predicted molar refractivity (Wildman–Crippen MR) is 105 cm³/mol. The van der Waals surface area contributed by atoms with Crippen LogP contribution in [0.3, 0.4) is 0 Å². The molecule has 0 aromatic heterocycles. The van der Waals surface area contributed by atoms with E-state index in [1.165, 1.54) is 11.1 Å². The molecule has 0 amide bonds. The van der Waals surface area contributed by atoms with Crippen molar-refractivity contribution in [2.75, 3.05) is 5.75 Å². The molecule has 144 valence electrons. The van der Waals surface area contributed by atoms with Crippen molar-refractivity contribution < 1.29 is 17.8 Å². The molecule has 2 fully saturated rings. The molecule has 3 aliphatic rings. The number of carbonyl (C=O) groups excluding carboxylic acids is 1. The first-order valence-electron chi connectivity index (χ1n) is 8.96. The Balaban J connectivity index is 0.000000158. The van der Waals surface area contributed by atoms with Gasteiger partial charge in [0.05, 0.1) is 11.2 Å². The molecule has 0 aliphatic heterocycles. The Morgan fingerprint density at radius 3 is 2.42 bits per heavy atom. The molecule has 1 aromatic rings. The van der Waals surface area contributed by atoms with Gasteiger partial charge in [-0.15, -0.1) is 0 Å². The fourth-order valence-electron chi connectivity index (χ4n) is 5.04. The third-order valence-corrected chi connectivity index (χ3v) is 8.05. The van der Waals surface area contributed by atoms with Gasteiger partial charge in [-0.1, -0.05) is 35.8 Å². The quantitative estimate of drug-likeness (QED) is 0.683. The molecular weight excluding hydrogens is 418 g/mol. The predicted octanol–water partition coefficient (Wildman–Crippen LogP) is 3.14. The van der Waals surface area contributed by atoms with Crippen LogP contribution in [0, 0.1) is 16.7 Å². The first-order chi connectivity index (χ1) is 11.9. The van der Waals surface area contributed by atoms with Gasteiger partial charge in [0.15, 0.2) is 0 Å². The van der Waals surface area contributed by atoms with Crippen molar-refractivity contribution in [1.82, 2.24) is 0 Å². The summed E-state index contributed by atoms with van der Waals surface area (Å²) < 4.78 is 32.1. The molecule has 4 rings (SSSR count). The zero-order chi connectivity index (χ0) is 19.3. The van der Waals surface area contributed by atoms with E-state index >= 15 is 0 Å². The Morgan fingerprint density at radius 1 is 1.23 bits per heavy atom. The van der Waals surface area contributed by atoms with Gasteiger partial charge in [0.25, 0.3) is 10.1 Å². The fraction of sp³-hybridized carbons (Fsp3) is 0.632. The number of fused-ring (bicyclic) bond motifs is 3. The summed E-state index contributed by atoms with van der Waals surface area (Å²) >= 11 is 3.44. The Morgan fingerprint density at radius 2 is 1.88 bits per heavy atom. The topological polar surface area (TPSA) is 97.5 Å². The largest absolute Gasteiger partial charge is 0.327 e. The second-order valence-corrected chi connectivity index (χ2v) is 10.8. The Labute approximate surface area is 163 Å². The van der Waals surface area contributed by atoms with Crippen LogP contribution in [0.25, 0.3) is 0 Å². The van der Waals surface area contributed by atoms with Crippen LogP contribution in [0.4, 0.5) is 0 Å². The average Bonchev–Trinajstić information content (AvgIpc) is 3.03. The highest BCUT2D eigenvalue weighted by Gasteiger charge is 2.65. The summed E-state index contributed by atoms with van der Waals surface area (Å²) in [7, 11) is -4.08. The molecule has 3 N–H and O–H groups in total. The molecule has 7 heteroatoms. The van der Waals surface area contributed by atoms with Gasteiger partial charge in [0.2, 0.25) is 0 Å². The monoisotopic (exact) mass is 443 g/mol. The van der Waals surface area contributed by atoms with Crippen LogP contribution in [0.1, 0.15) is 44.2 Å². The normalized spacial score (nSPS) is 31.5. The van der Waals surface area contributed by atoms with Crippen LogP contribution >= 0.6 is 15.9 Å². The van der Waals surface area contributed by atoms with E-state index in [0.717, 1.165) is 23.7 Å². The number of hydrogen-bond donors (Lipinski definition) is 2. The van der Waals surface area contributed by atoms with E-state index in [2.05, 4.69) is 34.1 Å². The van der Waals surface area contributed by atoms with Crippen LogP contribution in [-0.2, 0) is 27.8 Å². The average molecular weight is 444 g/mol. The highest BCUT2D eigenvalue weighted by molar-refractivity contribution is 9.10. The van der Waals surface area contributed by atoms with E-state index in [1.807, 2.05) is 13.8 Å². The smallest absolute Gasteiger partial charge is 0.265 e. The van der Waals surface area contributed by atoms with E-state index in [-0.39, 0.29) is 17.1 Å². The lowest BCUT2D eigenvalue weighted by Crippen LogP contribution is -2.42. The molecule has 1 aromatic carbocycles. The van der Waals surface area contributed by atoms with Crippen molar-refractivity contribution in [2.45, 2.75) is 52.0 Å². The first kappa shape index (κ1) is 20.0. The maximum atomic E-state index is 11.9. The van der Waals surface area contributed by atoms with Gasteiger partial charge in [-0.3, -0.25) is 9.35 Å². The number of hydrogen-bond acceptors (Lipinski definition) is 4. The highest BCUT2D eigenvalue weighted by atomic mass is 79.9. The lowest BCUT2D eigenvalue weighted by Gasteiger charge is -2.35. The summed E-state index contributed by atoms with van der Waals surface area (Å²) in [6, 6.07) is 6.75. The number of ketones is 1. The third kappa shape index (κ3) is 3.51. The van der Waals surface area contributed by atoms with E-state index in [9.17, 15) is 13.2 Å². The zero-order valence-electron chi connectivity index (χ0n) is 15.2. The Hall–Kier alpha value is -0.760. The fourth-order valence-corrected chi connectivity index (χ4v) is 6.75. The van der Waals surface area contributed by atoms with Gasteiger partial charge >= 0.3 is 0 Å². The van der Waals surface area contributed by atoms with Crippen molar-refractivity contribution in [3.8, 4) is 0 Å². The van der Waals surface area contributed by atoms with Crippen molar-refractivity contribution >= 4 is 31.8 Å². The van der Waals surface area contributed by atoms with Gasteiger partial charge in [-0.2, -0.15) is 8.42 Å². The van der Waals surface area contributed by atoms with Crippen LogP contribution in [-0.4, -0.2) is 30.5 Å². The molecular formula is C19H26BrNO4S. The molecule has 0 heterocycles.